The molecule has 1 heterocycles. The molecule has 0 amide bonds. The van der Waals surface area contributed by atoms with Crippen LogP contribution in [-0.4, -0.2) is 37.2 Å². The number of carbonyl (C=O) groups excluding carboxylic acids is 1. The average molecular weight is 506 g/mol. The first-order chi connectivity index (χ1) is 16.3. The molecule has 34 heavy (non-hydrogen) atoms. The van der Waals surface area contributed by atoms with Crippen molar-refractivity contribution in [2.45, 2.75) is 63.5 Å². The molecule has 2 aliphatic carbocycles. The Morgan fingerprint density at radius 1 is 1.09 bits per heavy atom. The van der Waals surface area contributed by atoms with Gasteiger partial charge in [0.2, 0.25) is 0 Å². The van der Waals surface area contributed by atoms with E-state index in [2.05, 4.69) is 11.8 Å². The summed E-state index contributed by atoms with van der Waals surface area (Å²) in [4.78, 5) is 14.4. The zero-order chi connectivity index (χ0) is 24.0. The van der Waals surface area contributed by atoms with Crippen molar-refractivity contribution >= 4 is 29.2 Å². The van der Waals surface area contributed by atoms with Crippen molar-refractivity contribution in [3.05, 3.63) is 62.9 Å². The second-order valence-corrected chi connectivity index (χ2v) is 11.1. The van der Waals surface area contributed by atoms with Crippen LogP contribution in [0.2, 0.25) is 10.0 Å². The van der Waals surface area contributed by atoms with Crippen LogP contribution in [0, 0.1) is 11.2 Å². The van der Waals surface area contributed by atoms with Crippen LogP contribution >= 0.6 is 23.2 Å². The molecule has 1 saturated heterocycles. The number of rotatable bonds is 6. The van der Waals surface area contributed by atoms with Gasteiger partial charge in [-0.3, -0.25) is 4.90 Å². The lowest BCUT2D eigenvalue weighted by molar-refractivity contribution is -0.0611. The van der Waals surface area contributed by atoms with Crippen molar-refractivity contribution < 1.29 is 18.7 Å². The zero-order valence-corrected chi connectivity index (χ0v) is 21.1. The van der Waals surface area contributed by atoms with Crippen LogP contribution in [0.1, 0.15) is 78.9 Å². The van der Waals surface area contributed by atoms with Crippen molar-refractivity contribution in [1.82, 2.24) is 4.90 Å². The fraction of sp³-hybridized carbons (Fsp3) is 0.519. The van der Waals surface area contributed by atoms with E-state index in [1.807, 2.05) is 12.1 Å². The lowest BCUT2D eigenvalue weighted by atomic mass is 9.61. The van der Waals surface area contributed by atoms with Gasteiger partial charge in [-0.2, -0.15) is 0 Å². The fourth-order valence-corrected chi connectivity index (χ4v) is 6.19. The topological polar surface area (TPSA) is 38.8 Å². The molecule has 2 saturated carbocycles. The quantitative estimate of drug-likeness (QED) is 0.389. The van der Waals surface area contributed by atoms with Crippen LogP contribution in [0.3, 0.4) is 0 Å². The number of nitrogens with zero attached hydrogens (tertiary/aromatic N) is 1. The summed E-state index contributed by atoms with van der Waals surface area (Å²) in [6, 6.07) is 9.03. The van der Waals surface area contributed by atoms with Crippen molar-refractivity contribution in [1.29, 1.82) is 0 Å². The minimum absolute atomic E-state index is 0.00990. The molecule has 182 valence electrons. The standard InChI is InChI=1S/C27H30Cl2FNO3/c1-16(18-9-19(28)11-20(29)10-18)31-7-5-27(6-8-31)14-21(15-27)34-25-13-24(30)23(26(32)33-2)12-22(25)17-3-4-17/h9-13,16-17,21H,3-8,14-15H2,1-2H3. The predicted octanol–water partition coefficient (Wildman–Crippen LogP) is 7.18. The van der Waals surface area contributed by atoms with Gasteiger partial charge in [0.1, 0.15) is 11.6 Å². The fourth-order valence-electron chi connectivity index (χ4n) is 5.64. The molecule has 4 nitrogen and oxygen atoms in total. The van der Waals surface area contributed by atoms with Crippen LogP contribution < -0.4 is 4.74 Å². The van der Waals surface area contributed by atoms with Gasteiger partial charge in [0.05, 0.1) is 18.8 Å². The van der Waals surface area contributed by atoms with Crippen LogP contribution in [0.5, 0.6) is 5.75 Å². The Labute approximate surface area is 210 Å². The van der Waals surface area contributed by atoms with Gasteiger partial charge in [-0.15, -0.1) is 0 Å². The lowest BCUT2D eigenvalue weighted by Crippen LogP contribution is -2.51. The number of hydrogen-bond acceptors (Lipinski definition) is 4. The molecule has 2 aromatic carbocycles. The summed E-state index contributed by atoms with van der Waals surface area (Å²) in [5.41, 5.74) is 2.38. The molecule has 3 aliphatic rings. The number of likely N-dealkylation sites (tertiary alicyclic amines) is 1. The van der Waals surface area contributed by atoms with Crippen LogP contribution in [0.25, 0.3) is 0 Å². The van der Waals surface area contributed by atoms with E-state index in [0.717, 1.165) is 62.7 Å². The second kappa shape index (κ2) is 9.33. The van der Waals surface area contributed by atoms with E-state index in [9.17, 15) is 9.18 Å². The van der Waals surface area contributed by atoms with Gasteiger partial charge in [0.15, 0.2) is 0 Å². The molecule has 7 heteroatoms. The van der Waals surface area contributed by atoms with E-state index >= 15 is 0 Å². The van der Waals surface area contributed by atoms with E-state index in [4.69, 9.17) is 32.7 Å². The highest BCUT2D eigenvalue weighted by Crippen LogP contribution is 2.52. The van der Waals surface area contributed by atoms with Gasteiger partial charge in [-0.05, 0) is 105 Å². The minimum atomic E-state index is -0.644. The summed E-state index contributed by atoms with van der Waals surface area (Å²) in [5, 5.41) is 1.34. The highest BCUT2D eigenvalue weighted by Gasteiger charge is 2.48. The zero-order valence-electron chi connectivity index (χ0n) is 19.6. The smallest absolute Gasteiger partial charge is 0.340 e. The molecule has 0 radical (unpaired) electrons. The first-order valence-electron chi connectivity index (χ1n) is 12.1. The van der Waals surface area contributed by atoms with Crippen molar-refractivity contribution in [3.63, 3.8) is 0 Å². The Hall–Kier alpha value is -1.82. The molecular formula is C27H30Cl2FNO3. The molecule has 1 aliphatic heterocycles. The summed E-state index contributed by atoms with van der Waals surface area (Å²) in [5.74, 6) is -0.285. The van der Waals surface area contributed by atoms with E-state index in [1.165, 1.54) is 13.2 Å². The van der Waals surface area contributed by atoms with Crippen LogP contribution in [-0.2, 0) is 4.74 Å². The second-order valence-electron chi connectivity index (χ2n) is 10.2. The van der Waals surface area contributed by atoms with Gasteiger partial charge in [-0.25, -0.2) is 9.18 Å². The first-order valence-corrected chi connectivity index (χ1v) is 12.8. The van der Waals surface area contributed by atoms with Gasteiger partial charge < -0.3 is 9.47 Å². The Morgan fingerprint density at radius 3 is 2.32 bits per heavy atom. The number of ether oxygens (including phenoxy) is 2. The first kappa shape index (κ1) is 23.9. The Morgan fingerprint density at radius 2 is 1.74 bits per heavy atom. The number of piperidine rings is 1. The number of esters is 1. The van der Waals surface area contributed by atoms with Crippen molar-refractivity contribution in [2.75, 3.05) is 20.2 Å². The van der Waals surface area contributed by atoms with E-state index in [-0.39, 0.29) is 17.7 Å². The number of halogens is 3. The molecular weight excluding hydrogens is 476 g/mol. The number of hydrogen-bond donors (Lipinski definition) is 0. The average Bonchev–Trinajstić information content (AvgIpc) is 3.62. The minimum Gasteiger partial charge on any atom is -0.490 e. The normalized spacial score (nSPS) is 21.2. The third-order valence-electron chi connectivity index (χ3n) is 7.91. The highest BCUT2D eigenvalue weighted by atomic mass is 35.5. The van der Waals surface area contributed by atoms with Gasteiger partial charge in [-0.1, -0.05) is 23.2 Å². The maximum atomic E-state index is 14.6. The summed E-state index contributed by atoms with van der Waals surface area (Å²) in [6.07, 6.45) is 6.40. The molecule has 0 bridgehead atoms. The molecule has 0 N–H and O–H groups in total. The highest BCUT2D eigenvalue weighted by molar-refractivity contribution is 6.34. The monoisotopic (exact) mass is 505 g/mol. The van der Waals surface area contributed by atoms with Gasteiger partial charge >= 0.3 is 5.97 Å². The summed E-state index contributed by atoms with van der Waals surface area (Å²) >= 11 is 12.4. The number of methoxy groups -OCH3 is 1. The van der Waals surface area contributed by atoms with Crippen LogP contribution in [0.4, 0.5) is 4.39 Å². The molecule has 3 fully saturated rings. The van der Waals surface area contributed by atoms with Crippen LogP contribution in [0.15, 0.2) is 30.3 Å². The van der Waals surface area contributed by atoms with E-state index < -0.39 is 11.8 Å². The maximum absolute atomic E-state index is 14.6. The molecule has 5 rings (SSSR count). The summed E-state index contributed by atoms with van der Waals surface area (Å²) in [7, 11) is 1.27. The Kier molecular flexibility index (Phi) is 6.56. The number of benzene rings is 2. The third kappa shape index (κ3) is 4.80. The Bertz CT molecular complexity index is 1070. The summed E-state index contributed by atoms with van der Waals surface area (Å²) < 4.78 is 25.6. The third-order valence-corrected chi connectivity index (χ3v) is 8.35. The van der Waals surface area contributed by atoms with Crippen molar-refractivity contribution in [3.8, 4) is 5.75 Å². The van der Waals surface area contributed by atoms with Crippen molar-refractivity contribution in [2.24, 2.45) is 5.41 Å². The maximum Gasteiger partial charge on any atom is 0.340 e. The number of carbonyl (C=O) groups is 1. The summed E-state index contributed by atoms with van der Waals surface area (Å²) in [6.45, 7) is 4.25. The molecule has 1 atom stereocenters. The molecule has 1 spiro atoms. The van der Waals surface area contributed by atoms with Gasteiger partial charge in [0, 0.05) is 22.2 Å². The SMILES string of the molecule is COC(=O)c1cc(C2CC2)c(OC2CC3(CCN(C(C)c4cc(Cl)cc(Cl)c4)CC3)C2)cc1F. The molecule has 2 aromatic rings. The van der Waals surface area contributed by atoms with Gasteiger partial charge in [0.25, 0.3) is 0 Å². The lowest BCUT2D eigenvalue weighted by Gasteiger charge is -2.52. The van der Waals surface area contributed by atoms with E-state index in [0.29, 0.717) is 27.1 Å². The predicted molar refractivity (Wildman–Crippen MR) is 131 cm³/mol. The molecule has 1 unspecified atom stereocenters. The van der Waals surface area contributed by atoms with E-state index in [1.54, 1.807) is 12.1 Å². The largest absolute Gasteiger partial charge is 0.490 e. The Balaban J connectivity index is 1.20. The molecule has 0 aromatic heterocycles.